The van der Waals surface area contributed by atoms with Gasteiger partial charge in [0.05, 0.1) is 17.8 Å². The highest BCUT2D eigenvalue weighted by atomic mass is 15.4. The van der Waals surface area contributed by atoms with Gasteiger partial charge in [-0.3, -0.25) is 9.36 Å². The normalized spacial score (nSPS) is 11.3. The first-order chi connectivity index (χ1) is 9.28. The van der Waals surface area contributed by atoms with Crippen molar-refractivity contribution in [1.82, 2.24) is 30.1 Å². The lowest BCUT2D eigenvalue weighted by molar-refractivity contribution is 0.662. The molecule has 19 heavy (non-hydrogen) atoms. The maximum absolute atomic E-state index is 4.66. The molecule has 2 heterocycles. The SMILES string of the molecule is CNCc1nn(Cc2cn(C)nn2)c2ccccc12. The number of para-hydroxylation sites is 1. The van der Waals surface area contributed by atoms with E-state index < -0.39 is 0 Å². The van der Waals surface area contributed by atoms with Gasteiger partial charge in [0.15, 0.2) is 0 Å². The van der Waals surface area contributed by atoms with E-state index in [4.69, 9.17) is 0 Å². The Balaban J connectivity index is 2.03. The van der Waals surface area contributed by atoms with Gasteiger partial charge >= 0.3 is 0 Å². The molecule has 2 aromatic heterocycles. The van der Waals surface area contributed by atoms with Crippen LogP contribution in [0.1, 0.15) is 11.4 Å². The largest absolute Gasteiger partial charge is 0.314 e. The van der Waals surface area contributed by atoms with Gasteiger partial charge in [-0.25, -0.2) is 0 Å². The van der Waals surface area contributed by atoms with Gasteiger partial charge in [-0.2, -0.15) is 5.10 Å². The quantitative estimate of drug-likeness (QED) is 0.754. The van der Waals surface area contributed by atoms with Gasteiger partial charge in [-0.15, -0.1) is 5.10 Å². The van der Waals surface area contributed by atoms with E-state index in [-0.39, 0.29) is 0 Å². The van der Waals surface area contributed by atoms with Crippen LogP contribution in [0.5, 0.6) is 0 Å². The fraction of sp³-hybridized carbons (Fsp3) is 0.308. The van der Waals surface area contributed by atoms with Crippen molar-refractivity contribution < 1.29 is 0 Å². The fourth-order valence-corrected chi connectivity index (χ4v) is 2.24. The zero-order valence-electron chi connectivity index (χ0n) is 11.0. The molecule has 0 aliphatic heterocycles. The van der Waals surface area contributed by atoms with Gasteiger partial charge in [0, 0.05) is 25.2 Å². The van der Waals surface area contributed by atoms with E-state index in [9.17, 15) is 0 Å². The molecule has 0 spiro atoms. The molecule has 1 aromatic carbocycles. The van der Waals surface area contributed by atoms with E-state index in [0.29, 0.717) is 6.54 Å². The van der Waals surface area contributed by atoms with Crippen LogP contribution in [-0.2, 0) is 20.1 Å². The molecule has 3 aromatic rings. The summed E-state index contributed by atoms with van der Waals surface area (Å²) in [6.45, 7) is 1.39. The molecule has 0 unspecified atom stereocenters. The van der Waals surface area contributed by atoms with Gasteiger partial charge in [0.2, 0.25) is 0 Å². The molecule has 0 radical (unpaired) electrons. The zero-order chi connectivity index (χ0) is 13.2. The van der Waals surface area contributed by atoms with Crippen LogP contribution in [0.15, 0.2) is 30.5 Å². The second kappa shape index (κ2) is 4.81. The molecule has 6 heteroatoms. The van der Waals surface area contributed by atoms with Crippen LogP contribution >= 0.6 is 0 Å². The maximum Gasteiger partial charge on any atom is 0.104 e. The number of hydrogen-bond acceptors (Lipinski definition) is 4. The molecule has 0 aliphatic rings. The van der Waals surface area contributed by atoms with Crippen LogP contribution in [0, 0.1) is 0 Å². The van der Waals surface area contributed by atoms with E-state index in [0.717, 1.165) is 23.4 Å². The van der Waals surface area contributed by atoms with Crippen LogP contribution in [0.4, 0.5) is 0 Å². The number of benzene rings is 1. The number of rotatable bonds is 4. The van der Waals surface area contributed by atoms with Crippen molar-refractivity contribution in [2.75, 3.05) is 7.05 Å². The van der Waals surface area contributed by atoms with Crippen molar-refractivity contribution in [2.45, 2.75) is 13.1 Å². The van der Waals surface area contributed by atoms with Crippen LogP contribution < -0.4 is 5.32 Å². The van der Waals surface area contributed by atoms with Crippen molar-refractivity contribution in [3.63, 3.8) is 0 Å². The lowest BCUT2D eigenvalue weighted by Crippen LogP contribution is -2.07. The Morgan fingerprint density at radius 2 is 2.11 bits per heavy atom. The van der Waals surface area contributed by atoms with Gasteiger partial charge in [-0.1, -0.05) is 23.4 Å². The number of nitrogens with zero attached hydrogens (tertiary/aromatic N) is 5. The molecular formula is C13H16N6. The number of nitrogens with one attached hydrogen (secondary N) is 1. The van der Waals surface area contributed by atoms with Gasteiger partial charge < -0.3 is 5.32 Å². The molecule has 0 bridgehead atoms. The van der Waals surface area contributed by atoms with E-state index in [1.165, 1.54) is 5.39 Å². The number of aromatic nitrogens is 5. The molecule has 0 fully saturated rings. The maximum atomic E-state index is 4.66. The van der Waals surface area contributed by atoms with E-state index in [2.05, 4.69) is 32.9 Å². The summed E-state index contributed by atoms with van der Waals surface area (Å²) >= 11 is 0. The van der Waals surface area contributed by atoms with Gasteiger partial charge in [0.1, 0.15) is 5.69 Å². The summed E-state index contributed by atoms with van der Waals surface area (Å²) in [4.78, 5) is 0. The second-order valence-electron chi connectivity index (χ2n) is 4.54. The summed E-state index contributed by atoms with van der Waals surface area (Å²) in [5, 5.41) is 17.1. The van der Waals surface area contributed by atoms with Crippen LogP contribution in [-0.4, -0.2) is 31.8 Å². The Morgan fingerprint density at radius 3 is 2.84 bits per heavy atom. The van der Waals surface area contributed by atoms with Gasteiger partial charge in [-0.05, 0) is 13.1 Å². The minimum absolute atomic E-state index is 0.637. The van der Waals surface area contributed by atoms with Gasteiger partial charge in [0.25, 0.3) is 0 Å². The topological polar surface area (TPSA) is 60.6 Å². The molecule has 3 rings (SSSR count). The van der Waals surface area contributed by atoms with Crippen molar-refractivity contribution >= 4 is 10.9 Å². The first-order valence-electron chi connectivity index (χ1n) is 6.22. The fourth-order valence-electron chi connectivity index (χ4n) is 2.24. The monoisotopic (exact) mass is 256 g/mol. The molecule has 98 valence electrons. The van der Waals surface area contributed by atoms with Crippen molar-refractivity contribution in [3.05, 3.63) is 41.9 Å². The molecule has 0 saturated heterocycles. The number of hydrogen-bond donors (Lipinski definition) is 1. The summed E-state index contributed by atoms with van der Waals surface area (Å²) in [5.74, 6) is 0. The smallest absolute Gasteiger partial charge is 0.104 e. The average molecular weight is 256 g/mol. The molecule has 6 nitrogen and oxygen atoms in total. The number of fused-ring (bicyclic) bond motifs is 1. The lowest BCUT2D eigenvalue weighted by Gasteiger charge is -1.99. The van der Waals surface area contributed by atoms with E-state index in [1.807, 2.05) is 37.1 Å². The lowest BCUT2D eigenvalue weighted by atomic mass is 10.2. The summed E-state index contributed by atoms with van der Waals surface area (Å²) in [6.07, 6.45) is 1.91. The Morgan fingerprint density at radius 1 is 1.26 bits per heavy atom. The third-order valence-electron chi connectivity index (χ3n) is 3.04. The van der Waals surface area contributed by atoms with E-state index in [1.54, 1.807) is 4.68 Å². The molecule has 1 N–H and O–H groups in total. The first-order valence-corrected chi connectivity index (χ1v) is 6.22. The highest BCUT2D eigenvalue weighted by Crippen LogP contribution is 2.18. The summed E-state index contributed by atoms with van der Waals surface area (Å²) in [6, 6.07) is 8.25. The Labute approximate surface area is 111 Å². The first kappa shape index (κ1) is 11.9. The highest BCUT2D eigenvalue weighted by Gasteiger charge is 2.10. The molecule has 0 atom stereocenters. The van der Waals surface area contributed by atoms with Crippen LogP contribution in [0.25, 0.3) is 10.9 Å². The standard InChI is InChI=1S/C13H16N6/c1-14-7-12-11-5-3-4-6-13(11)19(16-12)9-10-8-18(2)17-15-10/h3-6,8,14H,7,9H2,1-2H3. The van der Waals surface area contributed by atoms with E-state index >= 15 is 0 Å². The summed E-state index contributed by atoms with van der Waals surface area (Å²) in [5.41, 5.74) is 3.09. The van der Waals surface area contributed by atoms with Crippen molar-refractivity contribution in [1.29, 1.82) is 0 Å². The average Bonchev–Trinajstić information content (AvgIpc) is 2.97. The third-order valence-corrected chi connectivity index (χ3v) is 3.04. The van der Waals surface area contributed by atoms with Crippen LogP contribution in [0.2, 0.25) is 0 Å². The second-order valence-corrected chi connectivity index (χ2v) is 4.54. The van der Waals surface area contributed by atoms with Crippen molar-refractivity contribution in [3.8, 4) is 0 Å². The summed E-state index contributed by atoms with van der Waals surface area (Å²) in [7, 11) is 3.79. The molecule has 0 amide bonds. The molecular weight excluding hydrogens is 240 g/mol. The summed E-state index contributed by atoms with van der Waals surface area (Å²) < 4.78 is 3.68. The minimum atomic E-state index is 0.637. The zero-order valence-corrected chi connectivity index (χ0v) is 11.0. The van der Waals surface area contributed by atoms with Crippen molar-refractivity contribution in [2.24, 2.45) is 7.05 Å². The molecule has 0 aliphatic carbocycles. The Hall–Kier alpha value is -2.21. The molecule has 0 saturated carbocycles. The Kier molecular flexibility index (Phi) is 3.00. The minimum Gasteiger partial charge on any atom is -0.314 e. The Bertz CT molecular complexity index is 696. The predicted octanol–water partition coefficient (Wildman–Crippen LogP) is 0.932. The van der Waals surface area contributed by atoms with Crippen LogP contribution in [0.3, 0.4) is 0 Å². The third kappa shape index (κ3) is 2.22. The predicted molar refractivity (Wildman–Crippen MR) is 72.6 cm³/mol. The highest BCUT2D eigenvalue weighted by molar-refractivity contribution is 5.81. The number of aryl methyl sites for hydroxylation is 1.